The molecule has 0 radical (unpaired) electrons. The minimum Gasteiger partial charge on any atom is -0.508 e. The van der Waals surface area contributed by atoms with Gasteiger partial charge in [0.1, 0.15) is 10.6 Å². The molecule has 0 unspecified atom stereocenters. The van der Waals surface area contributed by atoms with Crippen molar-refractivity contribution >= 4 is 20.9 Å². The van der Waals surface area contributed by atoms with Crippen molar-refractivity contribution in [2.75, 3.05) is 0 Å². The summed E-state index contributed by atoms with van der Waals surface area (Å²) in [5.41, 5.74) is 0. The van der Waals surface area contributed by atoms with Crippen LogP contribution in [0.15, 0.2) is 71.6 Å². The van der Waals surface area contributed by atoms with Gasteiger partial charge in [-0.05, 0) is 35.7 Å². The second-order valence-electron chi connectivity index (χ2n) is 4.51. The maximum Gasteiger partial charge on any atom is 0.339 e. The van der Waals surface area contributed by atoms with Gasteiger partial charge < -0.3 is 9.29 Å². The normalized spacial score (nSPS) is 11.4. The van der Waals surface area contributed by atoms with Crippen LogP contribution in [0, 0.1) is 0 Å². The van der Waals surface area contributed by atoms with Crippen molar-refractivity contribution in [2.45, 2.75) is 4.90 Å². The zero-order valence-electron chi connectivity index (χ0n) is 10.9. The summed E-state index contributed by atoms with van der Waals surface area (Å²) < 4.78 is 29.7. The van der Waals surface area contributed by atoms with Crippen molar-refractivity contribution < 1.29 is 17.7 Å². The highest BCUT2D eigenvalue weighted by atomic mass is 32.2. The Balaban J connectivity index is 2.03. The van der Waals surface area contributed by atoms with Crippen LogP contribution in [-0.4, -0.2) is 13.5 Å². The second kappa shape index (κ2) is 5.10. The first-order chi connectivity index (χ1) is 10.1. The van der Waals surface area contributed by atoms with Crippen molar-refractivity contribution in [3.63, 3.8) is 0 Å². The van der Waals surface area contributed by atoms with E-state index in [0.29, 0.717) is 0 Å². The average molecular weight is 300 g/mol. The molecule has 106 valence electrons. The Morgan fingerprint density at radius 1 is 0.810 bits per heavy atom. The molecule has 0 aliphatic carbocycles. The molecule has 0 fully saturated rings. The van der Waals surface area contributed by atoms with Gasteiger partial charge in [-0.15, -0.1) is 0 Å². The number of aromatic hydroxyl groups is 1. The fourth-order valence-corrected chi connectivity index (χ4v) is 2.99. The Morgan fingerprint density at radius 3 is 2.24 bits per heavy atom. The van der Waals surface area contributed by atoms with E-state index in [2.05, 4.69) is 0 Å². The smallest absolute Gasteiger partial charge is 0.339 e. The van der Waals surface area contributed by atoms with E-state index in [1.165, 1.54) is 24.3 Å². The predicted molar refractivity (Wildman–Crippen MR) is 79.9 cm³/mol. The number of hydrogen-bond donors (Lipinski definition) is 1. The largest absolute Gasteiger partial charge is 0.508 e. The molecule has 3 aromatic rings. The Kier molecular flexibility index (Phi) is 3.27. The number of phenols is 1. The number of hydrogen-bond acceptors (Lipinski definition) is 4. The van der Waals surface area contributed by atoms with Gasteiger partial charge in [0, 0.05) is 5.39 Å². The molecule has 0 saturated carbocycles. The summed E-state index contributed by atoms with van der Waals surface area (Å²) in [4.78, 5) is -0.00626. The third kappa shape index (κ3) is 2.68. The van der Waals surface area contributed by atoms with E-state index in [9.17, 15) is 13.5 Å². The second-order valence-corrected chi connectivity index (χ2v) is 6.05. The maximum absolute atomic E-state index is 12.3. The number of benzene rings is 3. The number of fused-ring (bicyclic) bond motifs is 1. The summed E-state index contributed by atoms with van der Waals surface area (Å²) in [7, 11) is -3.93. The van der Waals surface area contributed by atoms with Crippen molar-refractivity contribution in [2.24, 2.45) is 0 Å². The first-order valence-electron chi connectivity index (χ1n) is 6.27. The molecular weight excluding hydrogens is 288 g/mol. The van der Waals surface area contributed by atoms with Crippen LogP contribution in [0.4, 0.5) is 0 Å². The van der Waals surface area contributed by atoms with Gasteiger partial charge in [-0.2, -0.15) is 8.42 Å². The number of phenolic OH excluding ortho intramolecular Hbond substituents is 1. The lowest BCUT2D eigenvalue weighted by molar-refractivity contribution is 0.473. The monoisotopic (exact) mass is 300 g/mol. The molecular formula is C16H12O4S. The van der Waals surface area contributed by atoms with Crippen LogP contribution in [0.25, 0.3) is 10.8 Å². The molecule has 4 nitrogen and oxygen atoms in total. The van der Waals surface area contributed by atoms with Crippen molar-refractivity contribution in [3.05, 3.63) is 66.7 Å². The van der Waals surface area contributed by atoms with Crippen molar-refractivity contribution in [3.8, 4) is 11.5 Å². The van der Waals surface area contributed by atoms with E-state index in [0.717, 1.165) is 10.8 Å². The lowest BCUT2D eigenvalue weighted by Gasteiger charge is -2.09. The van der Waals surface area contributed by atoms with Gasteiger partial charge in [-0.3, -0.25) is 0 Å². The first-order valence-corrected chi connectivity index (χ1v) is 7.68. The van der Waals surface area contributed by atoms with E-state index >= 15 is 0 Å². The summed E-state index contributed by atoms with van der Waals surface area (Å²) in [5, 5.41) is 10.8. The van der Waals surface area contributed by atoms with E-state index in [4.69, 9.17) is 4.18 Å². The molecule has 0 saturated heterocycles. The Hall–Kier alpha value is -2.53. The minimum absolute atomic E-state index is 0.000823. The minimum atomic E-state index is -3.93. The average Bonchev–Trinajstić information content (AvgIpc) is 2.48. The Morgan fingerprint density at radius 2 is 1.48 bits per heavy atom. The molecule has 5 heteroatoms. The van der Waals surface area contributed by atoms with Crippen LogP contribution in [-0.2, 0) is 10.1 Å². The van der Waals surface area contributed by atoms with E-state index < -0.39 is 10.1 Å². The summed E-state index contributed by atoms with van der Waals surface area (Å²) in [6.07, 6.45) is 0. The van der Waals surface area contributed by atoms with Crippen LogP contribution in [0.3, 0.4) is 0 Å². The van der Waals surface area contributed by atoms with Crippen molar-refractivity contribution in [1.29, 1.82) is 0 Å². The maximum atomic E-state index is 12.3. The quantitative estimate of drug-likeness (QED) is 0.754. The summed E-state index contributed by atoms with van der Waals surface area (Å²) in [5.74, 6) is 0.278. The topological polar surface area (TPSA) is 63.6 Å². The zero-order chi connectivity index (χ0) is 14.9. The standard InChI is InChI=1S/C16H12O4S/c17-13-8-10-14(11-9-13)21(18,19)20-16-7-3-5-12-4-1-2-6-15(12)16/h1-11,17H. The van der Waals surface area contributed by atoms with Gasteiger partial charge in [0.15, 0.2) is 5.75 Å². The molecule has 3 rings (SSSR count). The van der Waals surface area contributed by atoms with E-state index in [-0.39, 0.29) is 16.4 Å². The van der Waals surface area contributed by atoms with Crippen LogP contribution in [0.5, 0.6) is 11.5 Å². The predicted octanol–water partition coefficient (Wildman–Crippen LogP) is 3.31. The highest BCUT2D eigenvalue weighted by Crippen LogP contribution is 2.28. The molecule has 0 atom stereocenters. The van der Waals surface area contributed by atoms with E-state index in [1.54, 1.807) is 18.2 Å². The Labute approximate surface area is 122 Å². The number of rotatable bonds is 3. The summed E-state index contributed by atoms with van der Waals surface area (Å²) in [6.45, 7) is 0. The molecule has 21 heavy (non-hydrogen) atoms. The van der Waals surface area contributed by atoms with Gasteiger partial charge >= 0.3 is 10.1 Å². The van der Waals surface area contributed by atoms with Gasteiger partial charge in [-0.1, -0.05) is 36.4 Å². The summed E-state index contributed by atoms with van der Waals surface area (Å²) in [6, 6.07) is 17.8. The highest BCUT2D eigenvalue weighted by Gasteiger charge is 2.17. The molecule has 0 aliphatic rings. The third-order valence-corrected chi connectivity index (χ3v) is 4.32. The molecule has 0 aromatic heterocycles. The van der Waals surface area contributed by atoms with Gasteiger partial charge in [0.2, 0.25) is 0 Å². The first kappa shape index (κ1) is 13.5. The van der Waals surface area contributed by atoms with Gasteiger partial charge in [-0.25, -0.2) is 0 Å². The van der Waals surface area contributed by atoms with Gasteiger partial charge in [0.05, 0.1) is 0 Å². The van der Waals surface area contributed by atoms with Crippen LogP contribution in [0.1, 0.15) is 0 Å². The lowest BCUT2D eigenvalue weighted by Crippen LogP contribution is -2.09. The fourth-order valence-electron chi connectivity index (χ4n) is 2.05. The SMILES string of the molecule is O=S(=O)(Oc1cccc2ccccc12)c1ccc(O)cc1. The van der Waals surface area contributed by atoms with Crippen LogP contribution >= 0.6 is 0 Å². The van der Waals surface area contributed by atoms with E-state index in [1.807, 2.05) is 24.3 Å². The molecule has 0 bridgehead atoms. The third-order valence-electron chi connectivity index (χ3n) is 3.07. The molecule has 1 N–H and O–H groups in total. The molecule has 0 spiro atoms. The zero-order valence-corrected chi connectivity index (χ0v) is 11.7. The molecule has 0 amide bonds. The fraction of sp³-hybridized carbons (Fsp3) is 0. The summed E-state index contributed by atoms with van der Waals surface area (Å²) >= 11 is 0. The molecule has 0 aliphatic heterocycles. The lowest BCUT2D eigenvalue weighted by atomic mass is 10.1. The van der Waals surface area contributed by atoms with Crippen molar-refractivity contribution in [1.82, 2.24) is 0 Å². The van der Waals surface area contributed by atoms with Crippen LogP contribution < -0.4 is 4.18 Å². The highest BCUT2D eigenvalue weighted by molar-refractivity contribution is 7.87. The molecule has 3 aromatic carbocycles. The van der Waals surface area contributed by atoms with Crippen LogP contribution in [0.2, 0.25) is 0 Å². The van der Waals surface area contributed by atoms with Gasteiger partial charge in [0.25, 0.3) is 0 Å². The molecule has 0 heterocycles. The Bertz CT molecular complexity index is 878.